The standard InChI is InChI=1S/C16H23N3O4S/c20-16(18-14-7-10-23-11-8-14)17-13-3-5-15(6-4-13)19-9-1-2-12-24(19,21)22/h3-6,14H,1-2,7-12H2,(H2,17,18,20). The Balaban J connectivity index is 1.59. The fourth-order valence-corrected chi connectivity index (χ4v) is 4.62. The zero-order chi connectivity index (χ0) is 17.0. The number of nitrogens with one attached hydrogen (secondary N) is 2. The van der Waals surface area contributed by atoms with Crippen molar-refractivity contribution in [2.75, 3.05) is 35.1 Å². The van der Waals surface area contributed by atoms with Gasteiger partial charge in [-0.3, -0.25) is 4.31 Å². The molecule has 1 aromatic rings. The Morgan fingerprint density at radius 2 is 1.83 bits per heavy atom. The van der Waals surface area contributed by atoms with Gasteiger partial charge >= 0.3 is 6.03 Å². The number of sulfonamides is 1. The van der Waals surface area contributed by atoms with E-state index in [0.29, 0.717) is 37.6 Å². The van der Waals surface area contributed by atoms with Gasteiger partial charge in [0.15, 0.2) is 0 Å². The summed E-state index contributed by atoms with van der Waals surface area (Å²) in [6.45, 7) is 1.85. The van der Waals surface area contributed by atoms with Gasteiger partial charge in [0.1, 0.15) is 0 Å². The zero-order valence-corrected chi connectivity index (χ0v) is 14.3. The highest BCUT2D eigenvalue weighted by Gasteiger charge is 2.25. The summed E-state index contributed by atoms with van der Waals surface area (Å²) in [5.74, 6) is 0.195. The number of amides is 2. The average molecular weight is 353 g/mol. The number of ether oxygens (including phenoxy) is 1. The van der Waals surface area contributed by atoms with Crippen molar-refractivity contribution < 1.29 is 17.9 Å². The molecule has 0 unspecified atom stereocenters. The van der Waals surface area contributed by atoms with Crippen molar-refractivity contribution in [2.24, 2.45) is 0 Å². The smallest absolute Gasteiger partial charge is 0.319 e. The number of nitrogens with zero attached hydrogens (tertiary/aromatic N) is 1. The molecule has 0 saturated carbocycles. The van der Waals surface area contributed by atoms with Crippen LogP contribution in [0.5, 0.6) is 0 Å². The predicted molar refractivity (Wildman–Crippen MR) is 92.8 cm³/mol. The van der Waals surface area contributed by atoms with Gasteiger partial charge in [0.2, 0.25) is 10.0 Å². The molecule has 0 spiro atoms. The quantitative estimate of drug-likeness (QED) is 0.869. The van der Waals surface area contributed by atoms with E-state index in [1.165, 1.54) is 4.31 Å². The van der Waals surface area contributed by atoms with Crippen molar-refractivity contribution in [2.45, 2.75) is 31.7 Å². The SMILES string of the molecule is O=C(Nc1ccc(N2CCCCS2(=O)=O)cc1)NC1CCOCC1. The normalized spacial score (nSPS) is 21.2. The van der Waals surface area contributed by atoms with Crippen molar-refractivity contribution >= 4 is 27.4 Å². The maximum absolute atomic E-state index is 12.1. The van der Waals surface area contributed by atoms with E-state index in [1.54, 1.807) is 24.3 Å². The molecule has 2 fully saturated rings. The van der Waals surface area contributed by atoms with E-state index in [4.69, 9.17) is 4.74 Å². The van der Waals surface area contributed by atoms with Gasteiger partial charge in [0.25, 0.3) is 0 Å². The summed E-state index contributed by atoms with van der Waals surface area (Å²) in [5, 5.41) is 5.70. The lowest BCUT2D eigenvalue weighted by atomic mass is 10.1. The van der Waals surface area contributed by atoms with Crippen LogP contribution in [0.15, 0.2) is 24.3 Å². The average Bonchev–Trinajstić information content (AvgIpc) is 2.56. The molecule has 0 aromatic heterocycles. The van der Waals surface area contributed by atoms with Gasteiger partial charge < -0.3 is 15.4 Å². The Morgan fingerprint density at radius 3 is 2.50 bits per heavy atom. The predicted octanol–water partition coefficient (Wildman–Crippen LogP) is 1.92. The second kappa shape index (κ2) is 7.40. The van der Waals surface area contributed by atoms with Crippen molar-refractivity contribution in [3.05, 3.63) is 24.3 Å². The number of hydrogen-bond donors (Lipinski definition) is 2. The molecule has 2 saturated heterocycles. The van der Waals surface area contributed by atoms with E-state index in [1.807, 2.05) is 0 Å². The molecule has 2 aliphatic rings. The van der Waals surface area contributed by atoms with Crippen LogP contribution in [0.3, 0.4) is 0 Å². The Bertz CT molecular complexity index is 669. The minimum atomic E-state index is -3.21. The summed E-state index contributed by atoms with van der Waals surface area (Å²) < 4.78 is 30.9. The van der Waals surface area contributed by atoms with Gasteiger partial charge in [-0.25, -0.2) is 13.2 Å². The van der Waals surface area contributed by atoms with E-state index in [0.717, 1.165) is 19.3 Å². The first kappa shape index (κ1) is 17.0. The van der Waals surface area contributed by atoms with Gasteiger partial charge in [-0.15, -0.1) is 0 Å². The van der Waals surface area contributed by atoms with Crippen LogP contribution in [0.2, 0.25) is 0 Å². The van der Waals surface area contributed by atoms with Crippen molar-refractivity contribution in [3.63, 3.8) is 0 Å². The molecule has 2 amide bonds. The lowest BCUT2D eigenvalue weighted by Gasteiger charge is -2.28. The van der Waals surface area contributed by atoms with Crippen LogP contribution in [0.1, 0.15) is 25.7 Å². The second-order valence-corrected chi connectivity index (χ2v) is 8.14. The molecule has 8 heteroatoms. The summed E-state index contributed by atoms with van der Waals surface area (Å²) >= 11 is 0. The summed E-state index contributed by atoms with van der Waals surface area (Å²) in [6.07, 6.45) is 3.22. The highest BCUT2D eigenvalue weighted by atomic mass is 32.2. The number of anilines is 2. The van der Waals surface area contributed by atoms with Crippen molar-refractivity contribution in [1.82, 2.24) is 5.32 Å². The minimum absolute atomic E-state index is 0.136. The number of rotatable bonds is 3. The molecule has 2 N–H and O–H groups in total. The maximum atomic E-state index is 12.1. The van der Waals surface area contributed by atoms with Crippen molar-refractivity contribution in [3.8, 4) is 0 Å². The van der Waals surface area contributed by atoms with Gasteiger partial charge in [-0.2, -0.15) is 0 Å². The third-order valence-corrected chi connectivity index (χ3v) is 6.19. The molecular weight excluding hydrogens is 330 g/mol. The Morgan fingerprint density at radius 1 is 1.12 bits per heavy atom. The molecule has 0 aliphatic carbocycles. The second-order valence-electron chi connectivity index (χ2n) is 6.13. The van der Waals surface area contributed by atoms with Gasteiger partial charge in [0, 0.05) is 31.5 Å². The van der Waals surface area contributed by atoms with Crippen LogP contribution in [-0.4, -0.2) is 46.0 Å². The van der Waals surface area contributed by atoms with E-state index < -0.39 is 10.0 Å². The Labute approximate surface area is 142 Å². The molecule has 0 radical (unpaired) electrons. The number of urea groups is 1. The number of hydrogen-bond acceptors (Lipinski definition) is 4. The first-order valence-electron chi connectivity index (χ1n) is 8.30. The number of carbonyl (C=O) groups is 1. The molecule has 7 nitrogen and oxygen atoms in total. The van der Waals surface area contributed by atoms with Crippen LogP contribution < -0.4 is 14.9 Å². The third-order valence-electron chi connectivity index (χ3n) is 4.32. The summed E-state index contributed by atoms with van der Waals surface area (Å²) in [7, 11) is -3.21. The van der Waals surface area contributed by atoms with Gasteiger partial charge in [-0.1, -0.05) is 0 Å². The maximum Gasteiger partial charge on any atom is 0.319 e. The molecule has 1 aromatic carbocycles. The Hall–Kier alpha value is -1.80. The van der Waals surface area contributed by atoms with E-state index in [2.05, 4.69) is 10.6 Å². The van der Waals surface area contributed by atoms with Crippen LogP contribution in [0.4, 0.5) is 16.2 Å². The van der Waals surface area contributed by atoms with E-state index in [-0.39, 0.29) is 17.8 Å². The molecule has 3 rings (SSSR count). The van der Waals surface area contributed by atoms with Crippen LogP contribution in [0, 0.1) is 0 Å². The molecule has 24 heavy (non-hydrogen) atoms. The molecule has 132 valence electrons. The largest absolute Gasteiger partial charge is 0.381 e. The number of benzene rings is 1. The number of carbonyl (C=O) groups excluding carboxylic acids is 1. The van der Waals surface area contributed by atoms with Gasteiger partial charge in [-0.05, 0) is 49.9 Å². The van der Waals surface area contributed by atoms with Crippen LogP contribution >= 0.6 is 0 Å². The van der Waals surface area contributed by atoms with Crippen LogP contribution in [-0.2, 0) is 14.8 Å². The molecule has 0 bridgehead atoms. The highest BCUT2D eigenvalue weighted by molar-refractivity contribution is 7.92. The fraction of sp³-hybridized carbons (Fsp3) is 0.562. The first-order valence-corrected chi connectivity index (χ1v) is 9.91. The Kier molecular flexibility index (Phi) is 5.25. The minimum Gasteiger partial charge on any atom is -0.381 e. The summed E-state index contributed by atoms with van der Waals surface area (Å²) in [6, 6.07) is 6.79. The molecular formula is C16H23N3O4S. The monoisotopic (exact) mass is 353 g/mol. The van der Waals surface area contributed by atoms with Crippen molar-refractivity contribution in [1.29, 1.82) is 0 Å². The first-order chi connectivity index (χ1) is 11.5. The third kappa shape index (κ3) is 4.18. The molecule has 0 atom stereocenters. The summed E-state index contributed by atoms with van der Waals surface area (Å²) in [5.41, 5.74) is 1.28. The zero-order valence-electron chi connectivity index (χ0n) is 13.5. The fourth-order valence-electron chi connectivity index (χ4n) is 2.98. The van der Waals surface area contributed by atoms with E-state index in [9.17, 15) is 13.2 Å². The van der Waals surface area contributed by atoms with E-state index >= 15 is 0 Å². The molecule has 2 aliphatic heterocycles. The summed E-state index contributed by atoms with van der Waals surface area (Å²) in [4.78, 5) is 12.0. The highest BCUT2D eigenvalue weighted by Crippen LogP contribution is 2.24. The topological polar surface area (TPSA) is 87.7 Å². The lowest BCUT2D eigenvalue weighted by molar-refractivity contribution is 0.0806. The van der Waals surface area contributed by atoms with Crippen LogP contribution in [0.25, 0.3) is 0 Å². The van der Waals surface area contributed by atoms with Gasteiger partial charge in [0.05, 0.1) is 11.4 Å². The molecule has 2 heterocycles. The lowest BCUT2D eigenvalue weighted by Crippen LogP contribution is -2.41.